The lowest BCUT2D eigenvalue weighted by atomic mass is 9.97. The van der Waals surface area contributed by atoms with Gasteiger partial charge in [-0.15, -0.1) is 0 Å². The molecule has 1 heterocycles. The van der Waals surface area contributed by atoms with Crippen LogP contribution in [-0.4, -0.2) is 40.4 Å². The van der Waals surface area contributed by atoms with Crippen LogP contribution in [0.15, 0.2) is 17.7 Å². The Bertz CT molecular complexity index is 564. The lowest BCUT2D eigenvalue weighted by Gasteiger charge is -2.18. The van der Waals surface area contributed by atoms with Crippen LogP contribution in [0.5, 0.6) is 0 Å². The van der Waals surface area contributed by atoms with Gasteiger partial charge in [-0.05, 0) is 58.9 Å². The number of allylic oxidation sites excluding steroid dienone is 1. The first kappa shape index (κ1) is 17.4. The van der Waals surface area contributed by atoms with Crippen molar-refractivity contribution >= 4 is 11.9 Å². The second kappa shape index (κ2) is 8.65. The van der Waals surface area contributed by atoms with E-state index in [1.807, 2.05) is 20.8 Å². The van der Waals surface area contributed by atoms with E-state index >= 15 is 0 Å². The van der Waals surface area contributed by atoms with E-state index < -0.39 is 0 Å². The molecule has 126 valence electrons. The van der Waals surface area contributed by atoms with E-state index in [-0.39, 0.29) is 5.91 Å². The van der Waals surface area contributed by atoms with Gasteiger partial charge in [-0.3, -0.25) is 4.79 Å². The van der Waals surface area contributed by atoms with Gasteiger partial charge in [0.2, 0.25) is 5.95 Å². The zero-order chi connectivity index (χ0) is 16.7. The van der Waals surface area contributed by atoms with Crippen molar-refractivity contribution in [2.24, 2.45) is 0 Å². The number of carbonyl (C=O) groups is 1. The highest BCUT2D eigenvalue weighted by molar-refractivity contribution is 5.92. The highest BCUT2D eigenvalue weighted by atomic mass is 16.2. The molecule has 1 N–H and O–H groups in total. The van der Waals surface area contributed by atoms with Crippen molar-refractivity contribution in [2.75, 3.05) is 25.0 Å². The summed E-state index contributed by atoms with van der Waals surface area (Å²) in [6.07, 6.45) is 8.42. The van der Waals surface area contributed by atoms with Crippen molar-refractivity contribution in [3.05, 3.63) is 29.1 Å². The number of anilines is 1. The molecule has 23 heavy (non-hydrogen) atoms. The summed E-state index contributed by atoms with van der Waals surface area (Å²) >= 11 is 0. The molecule has 5 nitrogen and oxygen atoms in total. The molecule has 5 heteroatoms. The van der Waals surface area contributed by atoms with Gasteiger partial charge in [-0.1, -0.05) is 11.6 Å². The Morgan fingerprint density at radius 3 is 2.70 bits per heavy atom. The fourth-order valence-electron chi connectivity index (χ4n) is 2.90. The molecule has 0 fully saturated rings. The van der Waals surface area contributed by atoms with Gasteiger partial charge >= 0.3 is 0 Å². The first-order valence-electron chi connectivity index (χ1n) is 8.70. The van der Waals surface area contributed by atoms with Crippen LogP contribution in [0, 0.1) is 6.92 Å². The lowest BCUT2D eigenvalue weighted by molar-refractivity contribution is 0.0767. The first-order valence-corrected chi connectivity index (χ1v) is 8.70. The van der Waals surface area contributed by atoms with Crippen molar-refractivity contribution in [3.63, 3.8) is 0 Å². The third-order valence-electron chi connectivity index (χ3n) is 4.24. The van der Waals surface area contributed by atoms with Crippen molar-refractivity contribution in [3.8, 4) is 0 Å². The highest BCUT2D eigenvalue weighted by Crippen LogP contribution is 2.20. The number of hydrogen-bond donors (Lipinski definition) is 1. The highest BCUT2D eigenvalue weighted by Gasteiger charge is 2.15. The topological polar surface area (TPSA) is 58.1 Å². The molecular formula is C18H28N4O. The van der Waals surface area contributed by atoms with E-state index in [0.717, 1.165) is 18.7 Å². The summed E-state index contributed by atoms with van der Waals surface area (Å²) in [4.78, 5) is 23.0. The maximum Gasteiger partial charge on any atom is 0.272 e. The molecule has 0 atom stereocenters. The van der Waals surface area contributed by atoms with Crippen molar-refractivity contribution < 1.29 is 4.79 Å². The van der Waals surface area contributed by atoms with Crippen LogP contribution in [0.2, 0.25) is 0 Å². The minimum absolute atomic E-state index is 0.0291. The minimum atomic E-state index is -0.0291. The Hall–Kier alpha value is -1.91. The smallest absolute Gasteiger partial charge is 0.272 e. The molecule has 0 aliphatic heterocycles. The largest absolute Gasteiger partial charge is 0.354 e. The second-order valence-corrected chi connectivity index (χ2v) is 5.98. The van der Waals surface area contributed by atoms with E-state index in [1.54, 1.807) is 11.0 Å². The van der Waals surface area contributed by atoms with Gasteiger partial charge in [0.15, 0.2) is 0 Å². The molecule has 1 aromatic heterocycles. The van der Waals surface area contributed by atoms with E-state index in [9.17, 15) is 4.79 Å². The first-order chi connectivity index (χ1) is 11.1. The van der Waals surface area contributed by atoms with Gasteiger partial charge in [0, 0.05) is 25.3 Å². The van der Waals surface area contributed by atoms with E-state index in [0.29, 0.717) is 24.7 Å². The van der Waals surface area contributed by atoms with Crippen LogP contribution in [0.4, 0.5) is 5.95 Å². The number of nitrogens with one attached hydrogen (secondary N) is 1. The molecule has 0 bridgehead atoms. The summed E-state index contributed by atoms with van der Waals surface area (Å²) < 4.78 is 0. The fourth-order valence-corrected chi connectivity index (χ4v) is 2.90. The molecule has 1 amide bonds. The Morgan fingerprint density at radius 2 is 2.04 bits per heavy atom. The van der Waals surface area contributed by atoms with Crippen molar-refractivity contribution in [1.82, 2.24) is 14.9 Å². The Morgan fingerprint density at radius 1 is 1.26 bits per heavy atom. The summed E-state index contributed by atoms with van der Waals surface area (Å²) in [6.45, 7) is 8.05. The quantitative estimate of drug-likeness (QED) is 0.781. The van der Waals surface area contributed by atoms with Gasteiger partial charge in [0.05, 0.1) is 0 Å². The SMILES string of the molecule is CCN(CC)C(=O)c1cc(C)nc(NCCC2=CCCCC2)n1. The third-order valence-corrected chi connectivity index (χ3v) is 4.24. The predicted molar refractivity (Wildman–Crippen MR) is 93.7 cm³/mol. The fraction of sp³-hybridized carbons (Fsp3) is 0.611. The van der Waals surface area contributed by atoms with Gasteiger partial charge < -0.3 is 10.2 Å². The standard InChI is InChI=1S/C18H28N4O/c1-4-22(5-2)17(23)16-13-14(3)20-18(21-16)19-12-11-15-9-7-6-8-10-15/h9,13H,4-8,10-12H2,1-3H3,(H,19,20,21). The molecule has 0 radical (unpaired) electrons. The van der Waals surface area contributed by atoms with E-state index in [4.69, 9.17) is 0 Å². The Labute approximate surface area is 139 Å². The molecule has 1 aliphatic carbocycles. The number of aryl methyl sites for hydroxylation is 1. The maximum atomic E-state index is 12.4. The van der Waals surface area contributed by atoms with E-state index in [2.05, 4.69) is 21.4 Å². The lowest BCUT2D eigenvalue weighted by Crippen LogP contribution is -2.31. The number of aromatic nitrogens is 2. The average Bonchev–Trinajstić information content (AvgIpc) is 2.56. The van der Waals surface area contributed by atoms with Crippen molar-refractivity contribution in [1.29, 1.82) is 0 Å². The van der Waals surface area contributed by atoms with Crippen LogP contribution in [0.25, 0.3) is 0 Å². The Kier molecular flexibility index (Phi) is 6.56. The zero-order valence-electron chi connectivity index (χ0n) is 14.6. The zero-order valence-corrected chi connectivity index (χ0v) is 14.6. The van der Waals surface area contributed by atoms with E-state index in [1.165, 1.54) is 31.3 Å². The molecule has 0 spiro atoms. The number of carbonyl (C=O) groups excluding carboxylic acids is 1. The summed E-state index contributed by atoms with van der Waals surface area (Å²) in [6, 6.07) is 1.76. The minimum Gasteiger partial charge on any atom is -0.354 e. The van der Waals surface area contributed by atoms with Crippen LogP contribution < -0.4 is 5.32 Å². The number of rotatable bonds is 7. The summed E-state index contributed by atoms with van der Waals surface area (Å²) in [5.41, 5.74) is 2.81. The number of hydrogen-bond acceptors (Lipinski definition) is 4. The summed E-state index contributed by atoms with van der Waals surface area (Å²) in [7, 11) is 0. The second-order valence-electron chi connectivity index (χ2n) is 5.98. The van der Waals surface area contributed by atoms with Crippen LogP contribution >= 0.6 is 0 Å². The van der Waals surface area contributed by atoms with Gasteiger partial charge in [-0.25, -0.2) is 9.97 Å². The third kappa shape index (κ3) is 5.05. The monoisotopic (exact) mass is 316 g/mol. The van der Waals surface area contributed by atoms with Crippen molar-refractivity contribution in [2.45, 2.75) is 52.9 Å². The van der Waals surface area contributed by atoms with Gasteiger partial charge in [0.25, 0.3) is 5.91 Å². The molecule has 0 saturated carbocycles. The van der Waals surface area contributed by atoms with Gasteiger partial charge in [0.1, 0.15) is 5.69 Å². The number of amides is 1. The summed E-state index contributed by atoms with van der Waals surface area (Å²) in [5.74, 6) is 0.524. The number of nitrogens with zero attached hydrogens (tertiary/aromatic N) is 3. The normalized spacial score (nSPS) is 14.3. The average molecular weight is 316 g/mol. The summed E-state index contributed by atoms with van der Waals surface area (Å²) in [5, 5.41) is 3.27. The molecule has 1 aromatic rings. The maximum absolute atomic E-state index is 12.4. The molecule has 0 saturated heterocycles. The Balaban J connectivity index is 1.99. The molecule has 1 aliphatic rings. The van der Waals surface area contributed by atoms with Crippen LogP contribution in [-0.2, 0) is 0 Å². The van der Waals surface area contributed by atoms with Gasteiger partial charge in [-0.2, -0.15) is 0 Å². The van der Waals surface area contributed by atoms with Crippen LogP contribution in [0.1, 0.15) is 62.1 Å². The molecular weight excluding hydrogens is 288 g/mol. The predicted octanol–water partition coefficient (Wildman–Crippen LogP) is 3.57. The molecule has 0 aromatic carbocycles. The molecule has 2 rings (SSSR count). The molecule has 0 unspecified atom stereocenters. The van der Waals surface area contributed by atoms with Crippen LogP contribution in [0.3, 0.4) is 0 Å².